The Balaban J connectivity index is 2.31. The number of fused-ring (bicyclic) bond motifs is 1. The van der Waals surface area contributed by atoms with Crippen LogP contribution in [0.4, 0.5) is 5.69 Å². The van der Waals surface area contributed by atoms with Crippen LogP contribution in [0.1, 0.15) is 10.5 Å². The fraction of sp³-hybridized carbons (Fsp3) is 0. The smallest absolute Gasteiger partial charge is 0.286 e. The van der Waals surface area contributed by atoms with Crippen molar-refractivity contribution >= 4 is 29.0 Å². The summed E-state index contributed by atoms with van der Waals surface area (Å²) in [5.74, 6) is 0. The maximum atomic E-state index is 11.3. The van der Waals surface area contributed by atoms with Gasteiger partial charge in [0, 0.05) is 6.07 Å². The Morgan fingerprint density at radius 2 is 2.21 bits per heavy atom. The molecule has 0 aliphatic heterocycles. The van der Waals surface area contributed by atoms with E-state index in [4.69, 9.17) is 0 Å². The van der Waals surface area contributed by atoms with Crippen LogP contribution in [0.3, 0.4) is 0 Å². The first kappa shape index (κ1) is 11.5. The van der Waals surface area contributed by atoms with E-state index in [1.54, 1.807) is 0 Å². The summed E-state index contributed by atoms with van der Waals surface area (Å²) in [4.78, 5) is 26.7. The molecule has 0 unspecified atom stereocenters. The minimum atomic E-state index is -0.501. The zero-order valence-electron chi connectivity index (χ0n) is 9.52. The summed E-state index contributed by atoms with van der Waals surface area (Å²) in [5.41, 5.74) is 1.30. The van der Waals surface area contributed by atoms with E-state index in [2.05, 4.69) is 4.98 Å². The van der Waals surface area contributed by atoms with E-state index in [0.717, 1.165) is 4.88 Å². The number of imidazole rings is 1. The summed E-state index contributed by atoms with van der Waals surface area (Å²) < 4.78 is 1.44. The zero-order valence-corrected chi connectivity index (χ0v) is 10.3. The fourth-order valence-corrected chi connectivity index (χ4v) is 2.59. The molecular weight excluding hydrogens is 266 g/mol. The van der Waals surface area contributed by atoms with Gasteiger partial charge < -0.3 is 0 Å². The molecule has 3 aromatic heterocycles. The highest BCUT2D eigenvalue weighted by Crippen LogP contribution is 2.28. The monoisotopic (exact) mass is 273 g/mol. The lowest BCUT2D eigenvalue weighted by Crippen LogP contribution is -1.95. The van der Waals surface area contributed by atoms with E-state index >= 15 is 0 Å². The Morgan fingerprint density at radius 3 is 2.84 bits per heavy atom. The minimum Gasteiger partial charge on any atom is -0.296 e. The van der Waals surface area contributed by atoms with Gasteiger partial charge in [0.2, 0.25) is 0 Å². The molecular formula is C12H7N3O3S. The van der Waals surface area contributed by atoms with Crippen molar-refractivity contribution in [2.45, 2.75) is 0 Å². The molecule has 6 nitrogen and oxygen atoms in total. The van der Waals surface area contributed by atoms with Gasteiger partial charge in [0.15, 0.2) is 6.29 Å². The Hall–Kier alpha value is -2.54. The lowest BCUT2D eigenvalue weighted by atomic mass is 10.3. The predicted molar refractivity (Wildman–Crippen MR) is 70.5 cm³/mol. The third-order valence-electron chi connectivity index (χ3n) is 2.72. The number of carbonyl (C=O) groups excluding carboxylic acids is 1. The van der Waals surface area contributed by atoms with Crippen LogP contribution in [0.15, 0.2) is 35.8 Å². The van der Waals surface area contributed by atoms with E-state index < -0.39 is 4.92 Å². The Labute approximate surface area is 111 Å². The Kier molecular flexibility index (Phi) is 2.60. The molecule has 94 valence electrons. The number of nitro groups is 1. The molecule has 0 N–H and O–H groups in total. The van der Waals surface area contributed by atoms with Crippen LogP contribution in [-0.4, -0.2) is 20.6 Å². The quantitative estimate of drug-likeness (QED) is 0.417. The number of hydrogen-bond acceptors (Lipinski definition) is 5. The second-order valence-electron chi connectivity index (χ2n) is 3.81. The summed E-state index contributed by atoms with van der Waals surface area (Å²) in [6.45, 7) is 0. The highest BCUT2D eigenvalue weighted by Gasteiger charge is 2.16. The van der Waals surface area contributed by atoms with Gasteiger partial charge >= 0.3 is 0 Å². The summed E-state index contributed by atoms with van der Waals surface area (Å²) in [6, 6.07) is 6.62. The molecule has 0 fully saturated rings. The number of thiophene rings is 1. The van der Waals surface area contributed by atoms with Gasteiger partial charge in [0.05, 0.1) is 16.0 Å². The summed E-state index contributed by atoms with van der Waals surface area (Å²) in [7, 11) is 0. The highest BCUT2D eigenvalue weighted by molar-refractivity contribution is 7.13. The molecule has 0 amide bonds. The number of aromatic nitrogens is 2. The first-order valence-corrected chi connectivity index (χ1v) is 6.24. The first-order chi connectivity index (χ1) is 9.20. The highest BCUT2D eigenvalue weighted by atomic mass is 32.1. The van der Waals surface area contributed by atoms with Crippen LogP contribution in [0.25, 0.3) is 16.2 Å². The molecule has 3 rings (SSSR count). The maximum absolute atomic E-state index is 11.3. The Bertz CT molecular complexity index is 777. The van der Waals surface area contributed by atoms with Crippen LogP contribution < -0.4 is 0 Å². The van der Waals surface area contributed by atoms with E-state index in [-0.39, 0.29) is 5.69 Å². The molecule has 0 aliphatic carbocycles. The molecule has 0 saturated carbocycles. The number of pyridine rings is 1. The maximum Gasteiger partial charge on any atom is 0.286 e. The van der Waals surface area contributed by atoms with Crippen molar-refractivity contribution < 1.29 is 9.72 Å². The summed E-state index contributed by atoms with van der Waals surface area (Å²) >= 11 is 1.46. The van der Waals surface area contributed by atoms with E-state index in [1.807, 2.05) is 17.5 Å². The first-order valence-electron chi connectivity index (χ1n) is 5.36. The topological polar surface area (TPSA) is 77.5 Å². The number of carbonyl (C=O) groups is 1. The van der Waals surface area contributed by atoms with Crippen molar-refractivity contribution in [2.75, 3.05) is 0 Å². The lowest BCUT2D eigenvalue weighted by Gasteiger charge is -1.96. The van der Waals surface area contributed by atoms with Gasteiger partial charge in [-0.2, -0.15) is 0 Å². The van der Waals surface area contributed by atoms with Crippen molar-refractivity contribution in [1.82, 2.24) is 9.38 Å². The number of rotatable bonds is 3. The SMILES string of the molecule is O=Cc1c(-c2cccs2)nc2ccc([N+](=O)[O-])cn12. The van der Waals surface area contributed by atoms with Gasteiger partial charge in [0.1, 0.15) is 17.0 Å². The van der Waals surface area contributed by atoms with Crippen molar-refractivity contribution in [2.24, 2.45) is 0 Å². The van der Waals surface area contributed by atoms with Gasteiger partial charge in [-0.3, -0.25) is 19.3 Å². The molecule has 3 aromatic rings. The molecule has 0 atom stereocenters. The van der Waals surface area contributed by atoms with Crippen LogP contribution >= 0.6 is 11.3 Å². The average Bonchev–Trinajstić information content (AvgIpc) is 3.04. The average molecular weight is 273 g/mol. The molecule has 0 bridgehead atoms. The molecule has 0 radical (unpaired) electrons. The van der Waals surface area contributed by atoms with Crippen LogP contribution in [0, 0.1) is 10.1 Å². The second kappa shape index (κ2) is 4.29. The van der Waals surface area contributed by atoms with Crippen LogP contribution in [0.2, 0.25) is 0 Å². The third-order valence-corrected chi connectivity index (χ3v) is 3.59. The van der Waals surface area contributed by atoms with Crippen molar-refractivity contribution in [1.29, 1.82) is 0 Å². The number of aldehydes is 1. The molecule has 0 aliphatic rings. The van der Waals surface area contributed by atoms with Gasteiger partial charge in [0.25, 0.3) is 5.69 Å². The van der Waals surface area contributed by atoms with Gasteiger partial charge in [-0.05, 0) is 17.5 Å². The molecule has 0 aromatic carbocycles. The number of nitrogens with zero attached hydrogens (tertiary/aromatic N) is 3. The lowest BCUT2D eigenvalue weighted by molar-refractivity contribution is -0.385. The van der Waals surface area contributed by atoms with Gasteiger partial charge in [-0.1, -0.05) is 6.07 Å². The zero-order chi connectivity index (χ0) is 13.4. The Morgan fingerprint density at radius 1 is 1.37 bits per heavy atom. The molecule has 0 saturated heterocycles. The molecule has 0 spiro atoms. The van der Waals surface area contributed by atoms with E-state index in [1.165, 1.54) is 34.1 Å². The van der Waals surface area contributed by atoms with Crippen molar-refractivity contribution in [3.63, 3.8) is 0 Å². The standard InChI is InChI=1S/C12H7N3O3S/c16-7-9-12(10-2-1-5-19-10)13-11-4-3-8(15(17)18)6-14(9)11/h1-7H. The van der Waals surface area contributed by atoms with Crippen molar-refractivity contribution in [3.8, 4) is 10.6 Å². The van der Waals surface area contributed by atoms with E-state index in [0.29, 0.717) is 23.3 Å². The van der Waals surface area contributed by atoms with Gasteiger partial charge in [-0.15, -0.1) is 11.3 Å². The minimum absolute atomic E-state index is 0.0780. The van der Waals surface area contributed by atoms with Gasteiger partial charge in [-0.25, -0.2) is 4.98 Å². The molecule has 3 heterocycles. The van der Waals surface area contributed by atoms with Crippen molar-refractivity contribution in [3.05, 3.63) is 51.7 Å². The predicted octanol–water partition coefficient (Wildman–Crippen LogP) is 2.78. The fourth-order valence-electron chi connectivity index (χ4n) is 1.87. The summed E-state index contributed by atoms with van der Waals surface area (Å²) in [6.07, 6.45) is 1.97. The van der Waals surface area contributed by atoms with Crippen LogP contribution in [0.5, 0.6) is 0 Å². The number of hydrogen-bond donors (Lipinski definition) is 0. The normalized spacial score (nSPS) is 10.7. The van der Waals surface area contributed by atoms with E-state index in [9.17, 15) is 14.9 Å². The largest absolute Gasteiger partial charge is 0.296 e. The summed E-state index contributed by atoms with van der Waals surface area (Å²) in [5, 5.41) is 12.7. The molecule has 7 heteroatoms. The molecule has 19 heavy (non-hydrogen) atoms. The van der Waals surface area contributed by atoms with Crippen LogP contribution in [-0.2, 0) is 0 Å². The second-order valence-corrected chi connectivity index (χ2v) is 4.76. The third kappa shape index (κ3) is 1.80.